The number of rotatable bonds is 7. The van der Waals surface area contributed by atoms with E-state index >= 15 is 0 Å². The van der Waals surface area contributed by atoms with Gasteiger partial charge in [-0.1, -0.05) is 18.5 Å². The van der Waals surface area contributed by atoms with Crippen LogP contribution in [0.25, 0.3) is 0 Å². The summed E-state index contributed by atoms with van der Waals surface area (Å²) in [7, 11) is -1.92. The Morgan fingerprint density at radius 2 is 2.15 bits per heavy atom. The van der Waals surface area contributed by atoms with Crippen LogP contribution < -0.4 is 9.62 Å². The van der Waals surface area contributed by atoms with E-state index in [9.17, 15) is 13.2 Å². The maximum absolute atomic E-state index is 12.3. The van der Waals surface area contributed by atoms with E-state index in [1.807, 2.05) is 0 Å². The largest absolute Gasteiger partial charge is 0.352 e. The van der Waals surface area contributed by atoms with Crippen molar-refractivity contribution in [3.05, 3.63) is 28.8 Å². The Morgan fingerprint density at radius 1 is 1.42 bits per heavy atom. The molecule has 1 heterocycles. The first-order chi connectivity index (χ1) is 12.2. The molecule has 1 aliphatic rings. The first-order valence-electron chi connectivity index (χ1n) is 8.92. The summed E-state index contributed by atoms with van der Waals surface area (Å²) < 4.78 is 24.3. The van der Waals surface area contributed by atoms with Crippen molar-refractivity contribution in [2.45, 2.75) is 26.2 Å². The van der Waals surface area contributed by atoms with E-state index in [-0.39, 0.29) is 10.9 Å². The zero-order valence-corrected chi connectivity index (χ0v) is 17.2. The minimum absolute atomic E-state index is 0.236. The van der Waals surface area contributed by atoms with E-state index in [1.54, 1.807) is 12.1 Å². The number of hydrogen-bond acceptors (Lipinski definition) is 4. The maximum atomic E-state index is 12.3. The summed E-state index contributed by atoms with van der Waals surface area (Å²) in [6.45, 7) is 6.12. The Balaban J connectivity index is 1.85. The molecule has 26 heavy (non-hydrogen) atoms. The molecule has 1 aliphatic heterocycles. The highest BCUT2D eigenvalue weighted by atomic mass is 35.5. The molecule has 1 amide bonds. The van der Waals surface area contributed by atoms with Gasteiger partial charge >= 0.3 is 0 Å². The number of piperidine rings is 1. The lowest BCUT2D eigenvalue weighted by Gasteiger charge is -2.30. The highest BCUT2D eigenvalue weighted by Gasteiger charge is 2.17. The van der Waals surface area contributed by atoms with Crippen LogP contribution in [0, 0.1) is 5.92 Å². The van der Waals surface area contributed by atoms with Gasteiger partial charge in [-0.15, -0.1) is 0 Å². The zero-order chi connectivity index (χ0) is 19.3. The highest BCUT2D eigenvalue weighted by Crippen LogP contribution is 2.24. The minimum Gasteiger partial charge on any atom is -0.352 e. The Morgan fingerprint density at radius 3 is 2.77 bits per heavy atom. The first kappa shape index (κ1) is 21.0. The molecular formula is C18H28ClN3O3S. The van der Waals surface area contributed by atoms with Crippen molar-refractivity contribution in [2.75, 3.05) is 43.8 Å². The fourth-order valence-electron chi connectivity index (χ4n) is 3.17. The summed E-state index contributed by atoms with van der Waals surface area (Å²) in [5.41, 5.74) is 0.775. The average molecular weight is 402 g/mol. The van der Waals surface area contributed by atoms with E-state index in [2.05, 4.69) is 17.1 Å². The summed E-state index contributed by atoms with van der Waals surface area (Å²) in [6.07, 6.45) is 4.56. The number of anilines is 1. The molecule has 0 saturated carbocycles. The summed E-state index contributed by atoms with van der Waals surface area (Å²) >= 11 is 6.18. The molecule has 1 saturated heterocycles. The number of carbonyl (C=O) groups excluding carboxylic acids is 1. The van der Waals surface area contributed by atoms with E-state index in [0.717, 1.165) is 42.5 Å². The molecule has 6 nitrogen and oxygen atoms in total. The topological polar surface area (TPSA) is 69.7 Å². The highest BCUT2D eigenvalue weighted by molar-refractivity contribution is 7.92. The van der Waals surface area contributed by atoms with Gasteiger partial charge in [0.1, 0.15) is 0 Å². The van der Waals surface area contributed by atoms with Gasteiger partial charge < -0.3 is 10.2 Å². The molecule has 1 aromatic carbocycles. The van der Waals surface area contributed by atoms with Gasteiger partial charge in [-0.25, -0.2) is 8.42 Å². The van der Waals surface area contributed by atoms with Crippen LogP contribution >= 0.6 is 11.6 Å². The molecule has 1 fully saturated rings. The molecule has 0 unspecified atom stereocenters. The lowest BCUT2D eigenvalue weighted by molar-refractivity contribution is 0.0950. The lowest BCUT2D eigenvalue weighted by atomic mass is 10.0. The number of carbonyl (C=O) groups is 1. The van der Waals surface area contributed by atoms with Crippen LogP contribution in [-0.2, 0) is 10.0 Å². The summed E-state index contributed by atoms with van der Waals surface area (Å²) in [5.74, 6) is 0.510. The van der Waals surface area contributed by atoms with E-state index in [0.29, 0.717) is 17.8 Å². The monoisotopic (exact) mass is 401 g/mol. The van der Waals surface area contributed by atoms with Crippen molar-refractivity contribution < 1.29 is 13.2 Å². The van der Waals surface area contributed by atoms with E-state index < -0.39 is 10.0 Å². The van der Waals surface area contributed by atoms with Crippen LogP contribution in [0.5, 0.6) is 0 Å². The second-order valence-electron chi connectivity index (χ2n) is 7.05. The molecule has 146 valence electrons. The zero-order valence-electron chi connectivity index (χ0n) is 15.7. The first-order valence-corrected chi connectivity index (χ1v) is 11.1. The molecule has 8 heteroatoms. The quantitative estimate of drug-likeness (QED) is 0.713. The third-order valence-corrected chi connectivity index (χ3v) is 6.25. The van der Waals surface area contributed by atoms with Gasteiger partial charge in [0.25, 0.3) is 5.91 Å². The molecule has 1 aromatic rings. The second-order valence-corrected chi connectivity index (χ2v) is 9.47. The smallest absolute Gasteiger partial charge is 0.252 e. The number of amides is 1. The number of benzene rings is 1. The number of hydrogen-bond donors (Lipinski definition) is 1. The summed E-state index contributed by atoms with van der Waals surface area (Å²) in [5, 5.41) is 3.12. The van der Waals surface area contributed by atoms with Gasteiger partial charge in [0.2, 0.25) is 10.0 Å². The molecule has 0 aliphatic carbocycles. The van der Waals surface area contributed by atoms with Crippen LogP contribution in [-0.4, -0.2) is 58.7 Å². The summed E-state index contributed by atoms with van der Waals surface area (Å²) in [4.78, 5) is 14.8. The number of halogens is 1. The average Bonchev–Trinajstić information content (AvgIpc) is 2.57. The minimum atomic E-state index is -3.37. The fraction of sp³-hybridized carbons (Fsp3) is 0.611. The predicted octanol–water partition coefficient (Wildman–Crippen LogP) is 2.59. The van der Waals surface area contributed by atoms with Gasteiger partial charge in [0.05, 0.1) is 22.5 Å². The SMILES string of the molecule is C[C@@H]1CCCN(CCCNC(=O)c2ccc(N(C)S(C)(=O)=O)cc2Cl)C1. The molecule has 1 N–H and O–H groups in total. The van der Waals surface area contributed by atoms with Crippen molar-refractivity contribution >= 4 is 33.2 Å². The van der Waals surface area contributed by atoms with Crippen LogP contribution in [0.3, 0.4) is 0 Å². The molecule has 1 atom stereocenters. The van der Waals surface area contributed by atoms with Gasteiger partial charge in [-0.3, -0.25) is 9.10 Å². The Labute approximate surface area is 161 Å². The third kappa shape index (κ3) is 5.86. The van der Waals surface area contributed by atoms with Gasteiger partial charge in [-0.2, -0.15) is 0 Å². The Hall–Kier alpha value is -1.31. The molecule has 0 aromatic heterocycles. The second kappa shape index (κ2) is 9.06. The molecular weight excluding hydrogens is 374 g/mol. The molecule has 0 spiro atoms. The number of likely N-dealkylation sites (tertiary alicyclic amines) is 1. The number of sulfonamides is 1. The van der Waals surface area contributed by atoms with Gasteiger partial charge in [0, 0.05) is 20.1 Å². The molecule has 0 radical (unpaired) electrons. The number of nitrogens with one attached hydrogen (secondary N) is 1. The Bertz CT molecular complexity index is 739. The van der Waals surface area contributed by atoms with Crippen molar-refractivity contribution in [1.29, 1.82) is 0 Å². The van der Waals surface area contributed by atoms with Gasteiger partial charge in [0.15, 0.2) is 0 Å². The van der Waals surface area contributed by atoms with Gasteiger partial charge in [-0.05, 0) is 56.5 Å². The van der Waals surface area contributed by atoms with E-state index in [1.165, 1.54) is 26.0 Å². The standard InChI is InChI=1S/C18H28ClN3O3S/c1-14-6-4-10-22(13-14)11-5-9-20-18(23)16-8-7-15(12-17(16)19)21(2)26(3,24)25/h7-8,12,14H,4-6,9-11,13H2,1-3H3,(H,20,23)/t14-/m1/s1. The predicted molar refractivity (Wildman–Crippen MR) is 106 cm³/mol. The van der Waals surface area contributed by atoms with Crippen molar-refractivity contribution in [3.8, 4) is 0 Å². The normalized spacial score (nSPS) is 18.5. The third-order valence-electron chi connectivity index (χ3n) is 4.74. The summed E-state index contributed by atoms with van der Waals surface area (Å²) in [6, 6.07) is 4.63. The van der Waals surface area contributed by atoms with Crippen molar-refractivity contribution in [2.24, 2.45) is 5.92 Å². The fourth-order valence-corrected chi connectivity index (χ4v) is 3.92. The van der Waals surface area contributed by atoms with Crippen molar-refractivity contribution in [3.63, 3.8) is 0 Å². The number of nitrogens with zero attached hydrogens (tertiary/aromatic N) is 2. The van der Waals surface area contributed by atoms with Crippen LogP contribution in [0.4, 0.5) is 5.69 Å². The molecule has 2 rings (SSSR count). The van der Waals surface area contributed by atoms with Crippen LogP contribution in [0.1, 0.15) is 36.5 Å². The van der Waals surface area contributed by atoms with Crippen molar-refractivity contribution in [1.82, 2.24) is 10.2 Å². The van der Waals surface area contributed by atoms with Crippen LogP contribution in [0.2, 0.25) is 5.02 Å². The Kier molecular flexibility index (Phi) is 7.32. The lowest BCUT2D eigenvalue weighted by Crippen LogP contribution is -2.36. The molecule has 0 bridgehead atoms. The van der Waals surface area contributed by atoms with Crippen LogP contribution in [0.15, 0.2) is 18.2 Å². The van der Waals surface area contributed by atoms with E-state index in [4.69, 9.17) is 11.6 Å². The maximum Gasteiger partial charge on any atom is 0.252 e.